The molecule has 1 spiro atoms. The van der Waals surface area contributed by atoms with Crippen LogP contribution in [-0.2, 0) is 14.9 Å². The maximum atomic E-state index is 13.2. The lowest BCUT2D eigenvalue weighted by Gasteiger charge is -2.56. The molecule has 0 aromatic heterocycles. The summed E-state index contributed by atoms with van der Waals surface area (Å²) in [5, 5.41) is 9.86. The summed E-state index contributed by atoms with van der Waals surface area (Å²) in [5.74, 6) is -1.32. The summed E-state index contributed by atoms with van der Waals surface area (Å²) in [7, 11) is 0. The van der Waals surface area contributed by atoms with E-state index in [2.05, 4.69) is 0 Å². The number of ether oxygens (including phenoxy) is 1. The maximum Gasteiger partial charge on any atom is 0.314 e. The van der Waals surface area contributed by atoms with Crippen LogP contribution in [0.4, 0.5) is 4.39 Å². The Morgan fingerprint density at radius 2 is 1.95 bits per heavy atom. The molecule has 3 nitrogen and oxygen atoms in total. The van der Waals surface area contributed by atoms with E-state index in [1.54, 1.807) is 0 Å². The van der Waals surface area contributed by atoms with E-state index in [9.17, 15) is 14.3 Å². The lowest BCUT2D eigenvalue weighted by Crippen LogP contribution is -2.56. The van der Waals surface area contributed by atoms with Gasteiger partial charge in [-0.25, -0.2) is 4.39 Å². The van der Waals surface area contributed by atoms with Gasteiger partial charge in [0, 0.05) is 18.2 Å². The summed E-state index contributed by atoms with van der Waals surface area (Å²) in [6.45, 7) is 1.37. The van der Waals surface area contributed by atoms with Gasteiger partial charge in [-0.15, -0.1) is 0 Å². The van der Waals surface area contributed by atoms with Crippen LogP contribution in [0.5, 0.6) is 0 Å². The monoisotopic (exact) mass is 298 g/mol. The predicted molar refractivity (Wildman–Crippen MR) is 72.4 cm³/mol. The van der Waals surface area contributed by atoms with E-state index in [0.29, 0.717) is 31.6 Å². The molecule has 5 heteroatoms. The number of carboxylic acids is 1. The van der Waals surface area contributed by atoms with E-state index < -0.39 is 17.2 Å². The van der Waals surface area contributed by atoms with Gasteiger partial charge < -0.3 is 9.84 Å². The van der Waals surface area contributed by atoms with Crippen molar-refractivity contribution < 1.29 is 19.0 Å². The van der Waals surface area contributed by atoms with Gasteiger partial charge in [0.1, 0.15) is 5.82 Å². The van der Waals surface area contributed by atoms with Crippen molar-refractivity contribution in [2.75, 3.05) is 13.2 Å². The minimum Gasteiger partial charge on any atom is -0.481 e. The summed E-state index contributed by atoms with van der Waals surface area (Å²) in [5.41, 5.74) is -0.388. The van der Waals surface area contributed by atoms with E-state index >= 15 is 0 Å². The maximum absolute atomic E-state index is 13.2. The van der Waals surface area contributed by atoms with Crippen molar-refractivity contribution in [3.63, 3.8) is 0 Å². The lowest BCUT2D eigenvalue weighted by atomic mass is 9.48. The highest BCUT2D eigenvalue weighted by Crippen LogP contribution is 2.61. The Balaban J connectivity index is 1.93. The van der Waals surface area contributed by atoms with Crippen molar-refractivity contribution in [1.82, 2.24) is 0 Å². The molecule has 1 N–H and O–H groups in total. The molecule has 1 aromatic carbocycles. The standard InChI is InChI=1S/C15H16ClFO3/c16-12-7-10(17)1-2-11(12)15(13(18)19)8-14(9-15)3-5-20-6-4-14/h1-2,7H,3-6,8-9H2,(H,18,19). The zero-order valence-electron chi connectivity index (χ0n) is 11.0. The van der Waals surface area contributed by atoms with Crippen LogP contribution in [-0.4, -0.2) is 24.3 Å². The van der Waals surface area contributed by atoms with Gasteiger partial charge in [0.15, 0.2) is 0 Å². The minimum atomic E-state index is -0.970. The van der Waals surface area contributed by atoms with Crippen LogP contribution >= 0.6 is 11.6 Å². The number of benzene rings is 1. The fourth-order valence-corrected chi connectivity index (χ4v) is 4.07. The van der Waals surface area contributed by atoms with Crippen molar-refractivity contribution in [2.45, 2.75) is 31.1 Å². The Bertz CT molecular complexity index is 544. The van der Waals surface area contributed by atoms with Crippen molar-refractivity contribution in [3.8, 4) is 0 Å². The molecule has 0 radical (unpaired) electrons. The first-order valence-corrected chi connectivity index (χ1v) is 7.12. The van der Waals surface area contributed by atoms with Crippen molar-refractivity contribution in [3.05, 3.63) is 34.6 Å². The molecule has 2 aliphatic rings. The second-order valence-corrected chi connectivity index (χ2v) is 6.38. The third-order valence-corrected chi connectivity index (χ3v) is 5.08. The highest BCUT2D eigenvalue weighted by molar-refractivity contribution is 6.31. The molecule has 1 aromatic rings. The first-order chi connectivity index (χ1) is 9.47. The number of halogens is 2. The van der Waals surface area contributed by atoms with Gasteiger partial charge in [-0.1, -0.05) is 17.7 Å². The Labute approximate surface area is 121 Å². The number of aliphatic carboxylic acids is 1. The molecule has 1 aliphatic carbocycles. The first kappa shape index (κ1) is 13.8. The summed E-state index contributed by atoms with van der Waals surface area (Å²) >= 11 is 6.07. The zero-order chi connectivity index (χ0) is 14.4. The van der Waals surface area contributed by atoms with Crippen LogP contribution in [0.3, 0.4) is 0 Å². The van der Waals surface area contributed by atoms with E-state index in [4.69, 9.17) is 16.3 Å². The van der Waals surface area contributed by atoms with Crippen LogP contribution in [0, 0.1) is 11.2 Å². The summed E-state index contributed by atoms with van der Waals surface area (Å²) < 4.78 is 18.5. The quantitative estimate of drug-likeness (QED) is 0.910. The Kier molecular flexibility index (Phi) is 3.26. The molecule has 0 bridgehead atoms. The smallest absolute Gasteiger partial charge is 0.314 e. The molecule has 20 heavy (non-hydrogen) atoms. The SMILES string of the molecule is O=C(O)C1(c2ccc(F)cc2Cl)CC2(CCOCC2)C1. The second kappa shape index (κ2) is 4.71. The molecular formula is C15H16ClFO3. The van der Waals surface area contributed by atoms with E-state index in [1.165, 1.54) is 18.2 Å². The topological polar surface area (TPSA) is 46.5 Å². The fraction of sp³-hybridized carbons (Fsp3) is 0.533. The molecular weight excluding hydrogens is 283 g/mol. The molecule has 0 amide bonds. The average Bonchev–Trinajstić information content (AvgIpc) is 2.36. The Hall–Kier alpha value is -1.13. The summed E-state index contributed by atoms with van der Waals surface area (Å²) in [6, 6.07) is 3.98. The number of rotatable bonds is 2. The van der Waals surface area contributed by atoms with Gasteiger partial charge in [-0.2, -0.15) is 0 Å². The van der Waals surface area contributed by atoms with Crippen molar-refractivity contribution in [1.29, 1.82) is 0 Å². The number of hydrogen-bond acceptors (Lipinski definition) is 2. The average molecular weight is 299 g/mol. The number of carbonyl (C=O) groups is 1. The van der Waals surface area contributed by atoms with Crippen LogP contribution in [0.1, 0.15) is 31.2 Å². The highest BCUT2D eigenvalue weighted by Gasteiger charge is 2.60. The van der Waals surface area contributed by atoms with Gasteiger partial charge in [-0.3, -0.25) is 4.79 Å². The second-order valence-electron chi connectivity index (χ2n) is 5.98. The lowest BCUT2D eigenvalue weighted by molar-refractivity contribution is -0.160. The van der Waals surface area contributed by atoms with Crippen LogP contribution in [0.15, 0.2) is 18.2 Å². The largest absolute Gasteiger partial charge is 0.481 e. The fourth-order valence-electron chi connectivity index (χ4n) is 3.72. The highest BCUT2D eigenvalue weighted by atomic mass is 35.5. The summed E-state index contributed by atoms with van der Waals surface area (Å²) in [6.07, 6.45) is 2.90. The zero-order valence-corrected chi connectivity index (χ0v) is 11.8. The van der Waals surface area contributed by atoms with Gasteiger partial charge >= 0.3 is 5.97 Å². The third-order valence-electron chi connectivity index (χ3n) is 4.76. The Morgan fingerprint density at radius 3 is 2.50 bits per heavy atom. The molecule has 1 aliphatic heterocycles. The van der Waals surface area contributed by atoms with Gasteiger partial charge in [0.25, 0.3) is 0 Å². The Morgan fingerprint density at radius 1 is 1.30 bits per heavy atom. The van der Waals surface area contributed by atoms with E-state index in [0.717, 1.165) is 12.8 Å². The molecule has 1 heterocycles. The molecule has 1 saturated heterocycles. The normalized spacial score (nSPS) is 23.3. The number of carboxylic acid groups (broad SMARTS) is 1. The molecule has 1 saturated carbocycles. The molecule has 0 unspecified atom stereocenters. The molecule has 108 valence electrons. The minimum absolute atomic E-state index is 0.0500. The predicted octanol–water partition coefficient (Wildman–Crippen LogP) is 3.39. The molecule has 0 atom stereocenters. The van der Waals surface area contributed by atoms with E-state index in [-0.39, 0.29) is 10.4 Å². The first-order valence-electron chi connectivity index (χ1n) is 6.74. The van der Waals surface area contributed by atoms with Crippen LogP contribution in [0.25, 0.3) is 0 Å². The van der Waals surface area contributed by atoms with Gasteiger partial charge in [-0.05, 0) is 48.8 Å². The summed E-state index contributed by atoms with van der Waals surface area (Å²) in [4.78, 5) is 11.8. The third kappa shape index (κ3) is 2.02. The van der Waals surface area contributed by atoms with Crippen molar-refractivity contribution >= 4 is 17.6 Å². The van der Waals surface area contributed by atoms with Gasteiger partial charge in [0.05, 0.1) is 5.41 Å². The van der Waals surface area contributed by atoms with Crippen LogP contribution in [0.2, 0.25) is 5.02 Å². The van der Waals surface area contributed by atoms with Gasteiger partial charge in [0.2, 0.25) is 0 Å². The van der Waals surface area contributed by atoms with E-state index in [1.807, 2.05) is 0 Å². The number of hydrogen-bond donors (Lipinski definition) is 1. The molecule has 3 rings (SSSR count). The molecule has 2 fully saturated rings. The van der Waals surface area contributed by atoms with Crippen LogP contribution < -0.4 is 0 Å². The van der Waals surface area contributed by atoms with Crippen molar-refractivity contribution in [2.24, 2.45) is 5.41 Å².